The Morgan fingerprint density at radius 3 is 2.52 bits per heavy atom. The Labute approximate surface area is 150 Å². The summed E-state index contributed by atoms with van der Waals surface area (Å²) < 4.78 is 0. The number of nitrogens with one attached hydrogen (secondary N) is 2. The minimum absolute atomic E-state index is 0.557. The molecule has 1 aromatic carbocycles. The number of thiazole rings is 1. The molecule has 2 rings (SSSR count). The standard InChI is InChI=1S/C17H21N5O2S/c1-4-22(5-2)17-18-10-14(25-17)11-19-21-16(24)15(23)20-13-8-6-12(3)7-9-13/h6-11H,4-5H2,1-3H3,(H,20,23)(H,21,24)/b19-11-. The number of hydrazone groups is 1. The number of aromatic nitrogens is 1. The summed E-state index contributed by atoms with van der Waals surface area (Å²) in [7, 11) is 0. The van der Waals surface area contributed by atoms with E-state index in [1.54, 1.807) is 18.3 Å². The van der Waals surface area contributed by atoms with Crippen LogP contribution < -0.4 is 15.6 Å². The zero-order valence-electron chi connectivity index (χ0n) is 14.4. The van der Waals surface area contributed by atoms with Crippen LogP contribution in [0.15, 0.2) is 35.6 Å². The van der Waals surface area contributed by atoms with Gasteiger partial charge < -0.3 is 10.2 Å². The van der Waals surface area contributed by atoms with Crippen molar-refractivity contribution >= 4 is 40.2 Å². The Kier molecular flexibility index (Phi) is 6.64. The average molecular weight is 359 g/mol. The molecule has 0 aliphatic carbocycles. The van der Waals surface area contributed by atoms with Gasteiger partial charge in [0, 0.05) is 25.0 Å². The number of amides is 2. The average Bonchev–Trinajstić information content (AvgIpc) is 3.06. The van der Waals surface area contributed by atoms with Gasteiger partial charge in [0.25, 0.3) is 0 Å². The molecule has 0 spiro atoms. The van der Waals surface area contributed by atoms with Crippen LogP contribution in [0.2, 0.25) is 0 Å². The molecule has 2 amide bonds. The molecule has 25 heavy (non-hydrogen) atoms. The van der Waals surface area contributed by atoms with Crippen LogP contribution in [-0.4, -0.2) is 36.1 Å². The van der Waals surface area contributed by atoms with E-state index in [0.29, 0.717) is 5.69 Å². The number of aryl methyl sites for hydroxylation is 1. The minimum Gasteiger partial charge on any atom is -0.349 e. The van der Waals surface area contributed by atoms with E-state index in [1.165, 1.54) is 17.6 Å². The normalized spacial score (nSPS) is 10.7. The number of nitrogens with zero attached hydrogens (tertiary/aromatic N) is 3. The molecule has 1 heterocycles. The number of hydrogen-bond acceptors (Lipinski definition) is 6. The third kappa shape index (κ3) is 5.39. The lowest BCUT2D eigenvalue weighted by atomic mass is 10.2. The number of carbonyl (C=O) groups excluding carboxylic acids is 2. The molecule has 0 unspecified atom stereocenters. The third-order valence-corrected chi connectivity index (χ3v) is 4.41. The lowest BCUT2D eigenvalue weighted by molar-refractivity contribution is -0.136. The quantitative estimate of drug-likeness (QED) is 0.471. The summed E-state index contributed by atoms with van der Waals surface area (Å²) in [5.74, 6) is -1.60. The fraction of sp³-hybridized carbons (Fsp3) is 0.294. The van der Waals surface area contributed by atoms with Crippen molar-refractivity contribution in [1.29, 1.82) is 0 Å². The summed E-state index contributed by atoms with van der Waals surface area (Å²) in [5.41, 5.74) is 3.84. The van der Waals surface area contributed by atoms with Crippen LogP contribution in [0.3, 0.4) is 0 Å². The van der Waals surface area contributed by atoms with Crippen LogP contribution in [0.4, 0.5) is 10.8 Å². The largest absolute Gasteiger partial charge is 0.349 e. The molecule has 1 aromatic heterocycles. The maximum Gasteiger partial charge on any atom is 0.329 e. The molecule has 2 N–H and O–H groups in total. The van der Waals surface area contributed by atoms with Gasteiger partial charge in [-0.15, -0.1) is 0 Å². The molecule has 132 valence electrons. The summed E-state index contributed by atoms with van der Waals surface area (Å²) in [6.07, 6.45) is 3.15. The van der Waals surface area contributed by atoms with Gasteiger partial charge in [0.1, 0.15) is 0 Å². The Morgan fingerprint density at radius 1 is 1.20 bits per heavy atom. The fourth-order valence-electron chi connectivity index (χ4n) is 2.01. The van der Waals surface area contributed by atoms with Gasteiger partial charge in [0.15, 0.2) is 5.13 Å². The van der Waals surface area contributed by atoms with Crippen molar-refractivity contribution < 1.29 is 9.59 Å². The number of anilines is 2. The highest BCUT2D eigenvalue weighted by molar-refractivity contribution is 7.17. The molecule has 0 atom stereocenters. The summed E-state index contributed by atoms with van der Waals surface area (Å²) in [6, 6.07) is 7.16. The van der Waals surface area contributed by atoms with Crippen LogP contribution in [0.25, 0.3) is 0 Å². The molecule has 0 radical (unpaired) electrons. The van der Waals surface area contributed by atoms with Gasteiger partial charge >= 0.3 is 11.8 Å². The van der Waals surface area contributed by atoms with Gasteiger partial charge in [0.05, 0.1) is 11.1 Å². The molecule has 0 saturated carbocycles. The summed E-state index contributed by atoms with van der Waals surface area (Å²) >= 11 is 1.47. The Bertz CT molecular complexity index is 751. The molecule has 0 saturated heterocycles. The molecule has 0 aliphatic rings. The van der Waals surface area contributed by atoms with Crippen LogP contribution in [0.1, 0.15) is 24.3 Å². The lowest BCUT2D eigenvalue weighted by Gasteiger charge is -2.16. The fourth-order valence-corrected chi connectivity index (χ4v) is 2.92. The van der Waals surface area contributed by atoms with E-state index in [4.69, 9.17) is 0 Å². The predicted molar refractivity (Wildman–Crippen MR) is 101 cm³/mol. The van der Waals surface area contributed by atoms with Gasteiger partial charge in [-0.05, 0) is 32.9 Å². The van der Waals surface area contributed by atoms with Crippen molar-refractivity contribution in [3.63, 3.8) is 0 Å². The molecule has 7 nitrogen and oxygen atoms in total. The molecule has 0 aliphatic heterocycles. The van der Waals surface area contributed by atoms with E-state index in [-0.39, 0.29) is 0 Å². The number of benzene rings is 1. The smallest absolute Gasteiger partial charge is 0.329 e. The van der Waals surface area contributed by atoms with E-state index in [9.17, 15) is 9.59 Å². The molecule has 0 fully saturated rings. The van der Waals surface area contributed by atoms with E-state index in [2.05, 4.69) is 39.6 Å². The maximum absolute atomic E-state index is 11.8. The van der Waals surface area contributed by atoms with Gasteiger partial charge in [0.2, 0.25) is 0 Å². The summed E-state index contributed by atoms with van der Waals surface area (Å²) in [4.78, 5) is 30.8. The first-order chi connectivity index (χ1) is 12.0. The van der Waals surface area contributed by atoms with Crippen molar-refractivity contribution in [2.45, 2.75) is 20.8 Å². The van der Waals surface area contributed by atoms with E-state index in [1.807, 2.05) is 19.1 Å². The first kappa shape index (κ1) is 18.6. The summed E-state index contributed by atoms with van der Waals surface area (Å²) in [5, 5.41) is 7.22. The zero-order chi connectivity index (χ0) is 18.2. The first-order valence-corrected chi connectivity index (χ1v) is 8.77. The van der Waals surface area contributed by atoms with Crippen LogP contribution in [-0.2, 0) is 9.59 Å². The van der Waals surface area contributed by atoms with E-state index >= 15 is 0 Å². The molecule has 2 aromatic rings. The highest BCUT2D eigenvalue weighted by Gasteiger charge is 2.13. The Balaban J connectivity index is 1.87. The highest BCUT2D eigenvalue weighted by Crippen LogP contribution is 2.20. The van der Waals surface area contributed by atoms with Crippen molar-refractivity contribution in [3.05, 3.63) is 40.9 Å². The SMILES string of the molecule is CCN(CC)c1ncc(/C=N\NC(=O)C(=O)Nc2ccc(C)cc2)s1. The third-order valence-electron chi connectivity index (χ3n) is 3.42. The van der Waals surface area contributed by atoms with Gasteiger partial charge in [-0.1, -0.05) is 29.0 Å². The summed E-state index contributed by atoms with van der Waals surface area (Å²) in [6.45, 7) is 7.81. The second kappa shape index (κ2) is 8.93. The van der Waals surface area contributed by atoms with E-state index in [0.717, 1.165) is 28.7 Å². The van der Waals surface area contributed by atoms with Crippen LogP contribution in [0, 0.1) is 6.92 Å². The molecular formula is C17H21N5O2S. The van der Waals surface area contributed by atoms with Crippen LogP contribution in [0.5, 0.6) is 0 Å². The van der Waals surface area contributed by atoms with Crippen molar-refractivity contribution in [1.82, 2.24) is 10.4 Å². The first-order valence-electron chi connectivity index (χ1n) is 7.95. The zero-order valence-corrected chi connectivity index (χ0v) is 15.3. The van der Waals surface area contributed by atoms with Gasteiger partial charge in [-0.25, -0.2) is 10.4 Å². The lowest BCUT2D eigenvalue weighted by Crippen LogP contribution is -2.32. The van der Waals surface area contributed by atoms with Crippen molar-refractivity contribution in [3.8, 4) is 0 Å². The number of carbonyl (C=O) groups is 2. The van der Waals surface area contributed by atoms with Crippen molar-refractivity contribution in [2.75, 3.05) is 23.3 Å². The Morgan fingerprint density at radius 2 is 1.88 bits per heavy atom. The number of rotatable bonds is 6. The van der Waals surface area contributed by atoms with Crippen molar-refractivity contribution in [2.24, 2.45) is 5.10 Å². The predicted octanol–water partition coefficient (Wildman–Crippen LogP) is 2.39. The topological polar surface area (TPSA) is 86.7 Å². The monoisotopic (exact) mass is 359 g/mol. The minimum atomic E-state index is -0.828. The molecule has 8 heteroatoms. The molecule has 0 bridgehead atoms. The van der Waals surface area contributed by atoms with Gasteiger partial charge in [-0.3, -0.25) is 9.59 Å². The van der Waals surface area contributed by atoms with E-state index < -0.39 is 11.8 Å². The second-order valence-electron chi connectivity index (χ2n) is 5.24. The molecular weight excluding hydrogens is 338 g/mol. The maximum atomic E-state index is 11.8. The van der Waals surface area contributed by atoms with Gasteiger partial charge in [-0.2, -0.15) is 5.10 Å². The Hall–Kier alpha value is -2.74. The highest BCUT2D eigenvalue weighted by atomic mass is 32.1. The second-order valence-corrected chi connectivity index (χ2v) is 6.28. The number of hydrogen-bond donors (Lipinski definition) is 2. The van der Waals surface area contributed by atoms with Crippen LogP contribution >= 0.6 is 11.3 Å².